The molecule has 0 saturated carbocycles. The lowest BCUT2D eigenvalue weighted by molar-refractivity contribution is 0.294. The summed E-state index contributed by atoms with van der Waals surface area (Å²) >= 11 is 0. The predicted octanol–water partition coefficient (Wildman–Crippen LogP) is 2.66. The standard InChI is InChI=1S/C14H14N2O2/c17-16-9-8-12-6-7-14(15-10-12)18-11-13-4-2-1-3-5-13/h1-7,9-10,17H,8,11H2. The molecule has 1 N–H and O–H groups in total. The van der Waals surface area contributed by atoms with Crippen molar-refractivity contribution in [2.45, 2.75) is 13.0 Å². The first-order valence-corrected chi connectivity index (χ1v) is 5.66. The van der Waals surface area contributed by atoms with Gasteiger partial charge in [-0.15, -0.1) is 5.16 Å². The van der Waals surface area contributed by atoms with Gasteiger partial charge in [-0.25, -0.2) is 4.98 Å². The van der Waals surface area contributed by atoms with Crippen LogP contribution < -0.4 is 4.74 Å². The first-order chi connectivity index (χ1) is 8.88. The molecule has 0 atom stereocenters. The van der Waals surface area contributed by atoms with Crippen LogP contribution in [0.2, 0.25) is 0 Å². The molecule has 4 nitrogen and oxygen atoms in total. The quantitative estimate of drug-likeness (QED) is 0.498. The van der Waals surface area contributed by atoms with Crippen LogP contribution in [0.3, 0.4) is 0 Å². The summed E-state index contributed by atoms with van der Waals surface area (Å²) in [5, 5.41) is 11.3. The minimum absolute atomic E-state index is 0.505. The molecule has 92 valence electrons. The Bertz CT molecular complexity index is 495. The van der Waals surface area contributed by atoms with Gasteiger partial charge in [-0.1, -0.05) is 36.4 Å². The van der Waals surface area contributed by atoms with E-state index < -0.39 is 0 Å². The molecule has 0 saturated heterocycles. The molecular formula is C14H14N2O2. The smallest absolute Gasteiger partial charge is 0.213 e. The minimum atomic E-state index is 0.505. The molecule has 0 amide bonds. The number of nitrogens with zero attached hydrogens (tertiary/aromatic N) is 2. The van der Waals surface area contributed by atoms with E-state index in [1.165, 1.54) is 6.21 Å². The third kappa shape index (κ3) is 3.59. The van der Waals surface area contributed by atoms with Gasteiger partial charge in [0.25, 0.3) is 0 Å². The van der Waals surface area contributed by atoms with Gasteiger partial charge in [0.05, 0.1) is 0 Å². The van der Waals surface area contributed by atoms with E-state index in [4.69, 9.17) is 9.94 Å². The Hall–Kier alpha value is -2.36. The largest absolute Gasteiger partial charge is 0.473 e. The zero-order chi connectivity index (χ0) is 12.6. The molecule has 1 heterocycles. The Morgan fingerprint density at radius 3 is 2.61 bits per heavy atom. The summed E-state index contributed by atoms with van der Waals surface area (Å²) < 4.78 is 5.56. The number of hydrogen-bond donors (Lipinski definition) is 1. The molecule has 0 spiro atoms. The lowest BCUT2D eigenvalue weighted by atomic mass is 10.2. The second-order valence-corrected chi connectivity index (χ2v) is 3.78. The van der Waals surface area contributed by atoms with Gasteiger partial charge >= 0.3 is 0 Å². The molecule has 0 fully saturated rings. The van der Waals surface area contributed by atoms with Crippen molar-refractivity contribution in [3.8, 4) is 5.88 Å². The van der Waals surface area contributed by atoms with Gasteiger partial charge in [0.1, 0.15) is 6.61 Å². The highest BCUT2D eigenvalue weighted by Gasteiger charge is 1.97. The van der Waals surface area contributed by atoms with Crippen LogP contribution >= 0.6 is 0 Å². The van der Waals surface area contributed by atoms with Gasteiger partial charge < -0.3 is 9.94 Å². The molecule has 18 heavy (non-hydrogen) atoms. The van der Waals surface area contributed by atoms with E-state index in [2.05, 4.69) is 10.1 Å². The highest BCUT2D eigenvalue weighted by Crippen LogP contribution is 2.10. The number of pyridine rings is 1. The van der Waals surface area contributed by atoms with Crippen LogP contribution in [0.5, 0.6) is 5.88 Å². The number of hydrogen-bond acceptors (Lipinski definition) is 4. The molecule has 0 bridgehead atoms. The summed E-state index contributed by atoms with van der Waals surface area (Å²) in [4.78, 5) is 4.18. The Morgan fingerprint density at radius 1 is 1.11 bits per heavy atom. The topological polar surface area (TPSA) is 54.7 Å². The molecule has 0 radical (unpaired) electrons. The summed E-state index contributed by atoms with van der Waals surface area (Å²) in [5.41, 5.74) is 2.08. The van der Waals surface area contributed by atoms with E-state index in [0.29, 0.717) is 18.9 Å². The third-order valence-electron chi connectivity index (χ3n) is 2.44. The van der Waals surface area contributed by atoms with Crippen LogP contribution in [-0.2, 0) is 13.0 Å². The number of rotatable bonds is 5. The molecule has 1 aromatic heterocycles. The van der Waals surface area contributed by atoms with Gasteiger partial charge in [-0.2, -0.15) is 0 Å². The zero-order valence-corrected chi connectivity index (χ0v) is 9.86. The minimum Gasteiger partial charge on any atom is -0.473 e. The van der Waals surface area contributed by atoms with Gasteiger partial charge in [0, 0.05) is 24.9 Å². The Labute approximate surface area is 106 Å². The molecule has 0 aliphatic heterocycles. The predicted molar refractivity (Wildman–Crippen MR) is 69.0 cm³/mol. The average Bonchev–Trinajstić information content (AvgIpc) is 2.45. The summed E-state index contributed by atoms with van der Waals surface area (Å²) in [7, 11) is 0. The van der Waals surface area contributed by atoms with Crippen molar-refractivity contribution in [1.29, 1.82) is 0 Å². The van der Waals surface area contributed by atoms with Gasteiger partial charge in [-0.05, 0) is 11.1 Å². The van der Waals surface area contributed by atoms with Gasteiger partial charge in [0.15, 0.2) is 0 Å². The monoisotopic (exact) mass is 242 g/mol. The molecule has 2 rings (SSSR count). The van der Waals surface area contributed by atoms with Crippen LogP contribution in [0.25, 0.3) is 0 Å². The van der Waals surface area contributed by atoms with Crippen molar-refractivity contribution in [1.82, 2.24) is 4.98 Å². The maximum Gasteiger partial charge on any atom is 0.213 e. The van der Waals surface area contributed by atoms with Crippen LogP contribution in [0.15, 0.2) is 53.8 Å². The molecular weight excluding hydrogens is 228 g/mol. The van der Waals surface area contributed by atoms with Gasteiger partial charge in [0.2, 0.25) is 5.88 Å². The van der Waals surface area contributed by atoms with E-state index >= 15 is 0 Å². The van der Waals surface area contributed by atoms with Crippen molar-refractivity contribution in [2.24, 2.45) is 5.16 Å². The molecule has 0 unspecified atom stereocenters. The van der Waals surface area contributed by atoms with Crippen LogP contribution in [0.4, 0.5) is 0 Å². The third-order valence-corrected chi connectivity index (χ3v) is 2.44. The number of benzene rings is 1. The molecule has 0 aliphatic carbocycles. The Morgan fingerprint density at radius 2 is 1.94 bits per heavy atom. The molecule has 1 aromatic carbocycles. The van der Waals surface area contributed by atoms with E-state index in [1.807, 2.05) is 42.5 Å². The van der Waals surface area contributed by atoms with E-state index in [-0.39, 0.29) is 0 Å². The van der Waals surface area contributed by atoms with E-state index in [9.17, 15) is 0 Å². The fourth-order valence-electron chi connectivity index (χ4n) is 1.49. The lowest BCUT2D eigenvalue weighted by Crippen LogP contribution is -1.97. The van der Waals surface area contributed by atoms with Crippen molar-refractivity contribution < 1.29 is 9.94 Å². The first-order valence-electron chi connectivity index (χ1n) is 5.66. The number of aromatic nitrogens is 1. The second-order valence-electron chi connectivity index (χ2n) is 3.78. The summed E-state index contributed by atoms with van der Waals surface area (Å²) in [6, 6.07) is 13.6. The zero-order valence-electron chi connectivity index (χ0n) is 9.86. The van der Waals surface area contributed by atoms with E-state index in [0.717, 1.165) is 11.1 Å². The molecule has 4 heteroatoms. The van der Waals surface area contributed by atoms with Crippen molar-refractivity contribution in [3.63, 3.8) is 0 Å². The van der Waals surface area contributed by atoms with Crippen LogP contribution in [0, 0.1) is 0 Å². The normalized spacial score (nSPS) is 10.7. The van der Waals surface area contributed by atoms with E-state index in [1.54, 1.807) is 6.20 Å². The highest BCUT2D eigenvalue weighted by molar-refractivity contribution is 5.60. The van der Waals surface area contributed by atoms with Gasteiger partial charge in [-0.3, -0.25) is 0 Å². The number of oxime groups is 1. The SMILES string of the molecule is ON=CCc1ccc(OCc2ccccc2)nc1. The van der Waals surface area contributed by atoms with Crippen molar-refractivity contribution in [3.05, 3.63) is 59.8 Å². The lowest BCUT2D eigenvalue weighted by Gasteiger charge is -2.05. The first kappa shape index (κ1) is 12.1. The summed E-state index contributed by atoms with van der Waals surface area (Å²) in [6.07, 6.45) is 3.69. The molecule has 0 aliphatic rings. The highest BCUT2D eigenvalue weighted by atomic mass is 16.5. The second kappa shape index (κ2) is 6.39. The maximum absolute atomic E-state index is 8.32. The van der Waals surface area contributed by atoms with Crippen molar-refractivity contribution in [2.75, 3.05) is 0 Å². The van der Waals surface area contributed by atoms with Crippen LogP contribution in [-0.4, -0.2) is 16.4 Å². The summed E-state index contributed by atoms with van der Waals surface area (Å²) in [5.74, 6) is 0.587. The van der Waals surface area contributed by atoms with Crippen molar-refractivity contribution >= 4 is 6.21 Å². The average molecular weight is 242 g/mol. The number of ether oxygens (including phenoxy) is 1. The Kier molecular flexibility index (Phi) is 4.30. The molecule has 2 aromatic rings. The summed E-state index contributed by atoms with van der Waals surface area (Å²) in [6.45, 7) is 0.505. The maximum atomic E-state index is 8.32. The fraction of sp³-hybridized carbons (Fsp3) is 0.143. The Balaban J connectivity index is 1.90. The fourth-order valence-corrected chi connectivity index (χ4v) is 1.49. The van der Waals surface area contributed by atoms with Crippen LogP contribution in [0.1, 0.15) is 11.1 Å².